The van der Waals surface area contributed by atoms with E-state index in [1.807, 2.05) is 60.9 Å². The molecule has 0 N–H and O–H groups in total. The minimum Gasteiger partial charge on any atom is -0.489 e. The van der Waals surface area contributed by atoms with Crippen LogP contribution in [-0.2, 0) is 22.6 Å². The number of carbonyl (C=O) groups is 1. The van der Waals surface area contributed by atoms with Gasteiger partial charge in [-0.15, -0.1) is 11.8 Å². The molecule has 0 fully saturated rings. The van der Waals surface area contributed by atoms with Crippen molar-refractivity contribution in [3.05, 3.63) is 83.7 Å². The largest absolute Gasteiger partial charge is 0.489 e. The third-order valence-electron chi connectivity index (χ3n) is 4.75. The van der Waals surface area contributed by atoms with Gasteiger partial charge in [0.05, 0.1) is 6.61 Å². The van der Waals surface area contributed by atoms with Crippen molar-refractivity contribution >= 4 is 17.7 Å². The van der Waals surface area contributed by atoms with Crippen molar-refractivity contribution in [1.82, 2.24) is 0 Å². The summed E-state index contributed by atoms with van der Waals surface area (Å²) in [7, 11) is 0. The number of rotatable bonds is 9. The summed E-state index contributed by atoms with van der Waals surface area (Å²) >= 11 is 1.67. The number of ether oxygens (including phenoxy) is 2. The van der Waals surface area contributed by atoms with Crippen molar-refractivity contribution in [3.8, 4) is 16.9 Å². The molecule has 0 aliphatic carbocycles. The van der Waals surface area contributed by atoms with Gasteiger partial charge in [0, 0.05) is 16.9 Å². The molecule has 5 heteroatoms. The maximum absolute atomic E-state index is 14.6. The normalized spacial score (nSPS) is 10.6. The van der Waals surface area contributed by atoms with Crippen molar-refractivity contribution in [2.24, 2.45) is 0 Å². The second-order valence-electron chi connectivity index (χ2n) is 6.73. The van der Waals surface area contributed by atoms with Gasteiger partial charge in [0.15, 0.2) is 0 Å². The number of carbonyl (C=O) groups excluding carboxylic acids is 1. The molecule has 0 amide bonds. The molecule has 0 aliphatic heterocycles. The Morgan fingerprint density at radius 2 is 1.73 bits per heavy atom. The summed E-state index contributed by atoms with van der Waals surface area (Å²) in [5, 5.41) is 0. The Morgan fingerprint density at radius 3 is 2.40 bits per heavy atom. The van der Waals surface area contributed by atoms with E-state index in [0.717, 1.165) is 21.6 Å². The molecule has 0 radical (unpaired) electrons. The summed E-state index contributed by atoms with van der Waals surface area (Å²) in [5.74, 6) is 0.171. The van der Waals surface area contributed by atoms with Gasteiger partial charge in [0.2, 0.25) is 0 Å². The van der Waals surface area contributed by atoms with Gasteiger partial charge >= 0.3 is 5.97 Å². The fourth-order valence-electron chi connectivity index (χ4n) is 3.13. The van der Waals surface area contributed by atoms with E-state index < -0.39 is 0 Å². The lowest BCUT2D eigenvalue weighted by atomic mass is 10.00. The van der Waals surface area contributed by atoms with Crippen LogP contribution in [0.3, 0.4) is 0 Å². The molecular formula is C25H25FO3S. The SMILES string of the molecule is CCOC(=O)CCc1ccc(OCc2c(F)cccc2-c2ccc(SC)cc2)cc1. The zero-order valence-electron chi connectivity index (χ0n) is 17.2. The molecule has 0 aromatic heterocycles. The fourth-order valence-corrected chi connectivity index (χ4v) is 3.54. The van der Waals surface area contributed by atoms with Crippen LogP contribution in [0.5, 0.6) is 5.75 Å². The zero-order chi connectivity index (χ0) is 21.3. The van der Waals surface area contributed by atoms with Crippen LogP contribution in [0.1, 0.15) is 24.5 Å². The van der Waals surface area contributed by atoms with Crippen LogP contribution >= 0.6 is 11.8 Å². The quantitative estimate of drug-likeness (QED) is 0.299. The molecule has 0 unspecified atom stereocenters. The van der Waals surface area contributed by atoms with Crippen LogP contribution < -0.4 is 4.74 Å². The molecule has 0 bridgehead atoms. The average molecular weight is 425 g/mol. The summed E-state index contributed by atoms with van der Waals surface area (Å²) in [6.45, 7) is 2.32. The molecule has 0 spiro atoms. The molecular weight excluding hydrogens is 399 g/mol. The molecule has 0 heterocycles. The second kappa shape index (κ2) is 10.8. The molecule has 0 saturated carbocycles. The Kier molecular flexibility index (Phi) is 7.91. The molecule has 0 atom stereocenters. The van der Waals surface area contributed by atoms with Crippen molar-refractivity contribution in [1.29, 1.82) is 0 Å². The first-order chi connectivity index (χ1) is 14.6. The first-order valence-electron chi connectivity index (χ1n) is 9.90. The molecule has 0 aliphatic rings. The fraction of sp³-hybridized carbons (Fsp3) is 0.240. The van der Waals surface area contributed by atoms with Gasteiger partial charge in [-0.1, -0.05) is 36.4 Å². The molecule has 156 valence electrons. The summed E-state index contributed by atoms with van der Waals surface area (Å²) in [4.78, 5) is 12.6. The van der Waals surface area contributed by atoms with E-state index in [1.165, 1.54) is 6.07 Å². The first-order valence-corrected chi connectivity index (χ1v) is 11.1. The molecule has 3 aromatic carbocycles. The third kappa shape index (κ3) is 5.86. The molecule has 3 nitrogen and oxygen atoms in total. The van der Waals surface area contributed by atoms with Gasteiger partial charge < -0.3 is 9.47 Å². The highest BCUT2D eigenvalue weighted by Crippen LogP contribution is 2.29. The van der Waals surface area contributed by atoms with Crippen LogP contribution in [-0.4, -0.2) is 18.8 Å². The van der Waals surface area contributed by atoms with Gasteiger partial charge in [0.25, 0.3) is 0 Å². The van der Waals surface area contributed by atoms with E-state index in [1.54, 1.807) is 24.8 Å². The Labute approximate surface area is 181 Å². The average Bonchev–Trinajstić information content (AvgIpc) is 2.78. The highest BCUT2D eigenvalue weighted by atomic mass is 32.2. The standard InChI is InChI=1S/C25H25FO3S/c1-3-28-25(27)16-9-18-7-12-20(13-8-18)29-17-23-22(5-4-6-24(23)26)19-10-14-21(30-2)15-11-19/h4-8,10-15H,3,9,16-17H2,1-2H3. The van der Waals surface area contributed by atoms with Crippen molar-refractivity contribution in [3.63, 3.8) is 0 Å². The van der Waals surface area contributed by atoms with E-state index in [2.05, 4.69) is 0 Å². The van der Waals surface area contributed by atoms with Gasteiger partial charge in [-0.25, -0.2) is 4.39 Å². The molecule has 30 heavy (non-hydrogen) atoms. The number of thioether (sulfide) groups is 1. The lowest BCUT2D eigenvalue weighted by molar-refractivity contribution is -0.143. The molecule has 3 aromatic rings. The third-order valence-corrected chi connectivity index (χ3v) is 5.49. The Balaban J connectivity index is 1.67. The van der Waals surface area contributed by atoms with Crippen molar-refractivity contribution < 1.29 is 18.7 Å². The van der Waals surface area contributed by atoms with E-state index in [4.69, 9.17) is 9.47 Å². The second-order valence-corrected chi connectivity index (χ2v) is 7.61. The molecule has 3 rings (SSSR count). The summed E-state index contributed by atoms with van der Waals surface area (Å²) < 4.78 is 25.4. The lowest BCUT2D eigenvalue weighted by Crippen LogP contribution is -2.05. The van der Waals surface area contributed by atoms with Crippen LogP contribution in [0.4, 0.5) is 4.39 Å². The highest BCUT2D eigenvalue weighted by molar-refractivity contribution is 7.98. The number of esters is 1. The maximum atomic E-state index is 14.6. The number of halogens is 1. The Bertz CT molecular complexity index is 969. The van der Waals surface area contributed by atoms with Crippen LogP contribution in [0.2, 0.25) is 0 Å². The summed E-state index contributed by atoms with van der Waals surface area (Å²) in [6.07, 6.45) is 2.99. The van der Waals surface area contributed by atoms with Gasteiger partial charge in [-0.3, -0.25) is 4.79 Å². The van der Waals surface area contributed by atoms with E-state index in [0.29, 0.717) is 30.8 Å². The lowest BCUT2D eigenvalue weighted by Gasteiger charge is -2.13. The van der Waals surface area contributed by atoms with Crippen molar-refractivity contribution in [2.75, 3.05) is 12.9 Å². The smallest absolute Gasteiger partial charge is 0.306 e. The van der Waals surface area contributed by atoms with Crippen molar-refractivity contribution in [2.45, 2.75) is 31.3 Å². The topological polar surface area (TPSA) is 35.5 Å². The van der Waals surface area contributed by atoms with Crippen LogP contribution in [0.25, 0.3) is 11.1 Å². The molecule has 0 saturated heterocycles. The van der Waals surface area contributed by atoms with Gasteiger partial charge in [0.1, 0.15) is 18.2 Å². The predicted molar refractivity (Wildman–Crippen MR) is 119 cm³/mol. The van der Waals surface area contributed by atoms with E-state index in [-0.39, 0.29) is 18.4 Å². The van der Waals surface area contributed by atoms with Gasteiger partial charge in [-0.05, 0) is 66.6 Å². The van der Waals surface area contributed by atoms with Crippen LogP contribution in [0, 0.1) is 5.82 Å². The minimum atomic E-state index is -0.285. The zero-order valence-corrected chi connectivity index (χ0v) is 18.0. The number of aryl methyl sites for hydroxylation is 1. The summed E-state index contributed by atoms with van der Waals surface area (Å²) in [5.41, 5.74) is 3.34. The summed E-state index contributed by atoms with van der Waals surface area (Å²) in [6, 6.07) is 20.7. The van der Waals surface area contributed by atoms with E-state index >= 15 is 0 Å². The highest BCUT2D eigenvalue weighted by Gasteiger charge is 2.11. The number of hydrogen-bond acceptors (Lipinski definition) is 4. The predicted octanol–water partition coefficient (Wildman–Crippen LogP) is 6.29. The maximum Gasteiger partial charge on any atom is 0.306 e. The Morgan fingerprint density at radius 1 is 1.00 bits per heavy atom. The van der Waals surface area contributed by atoms with Crippen LogP contribution in [0.15, 0.2) is 71.6 Å². The van der Waals surface area contributed by atoms with Gasteiger partial charge in [-0.2, -0.15) is 0 Å². The minimum absolute atomic E-state index is 0.133. The Hall–Kier alpha value is -2.79. The first kappa shape index (κ1) is 21.9. The number of hydrogen-bond donors (Lipinski definition) is 0. The number of benzene rings is 3. The van der Waals surface area contributed by atoms with E-state index in [9.17, 15) is 9.18 Å². The monoisotopic (exact) mass is 424 g/mol.